The molecule has 1 unspecified atom stereocenters. The number of piperidine rings is 1. The van der Waals surface area contributed by atoms with Gasteiger partial charge in [0.2, 0.25) is 0 Å². The predicted molar refractivity (Wildman–Crippen MR) is 73.5 cm³/mol. The lowest BCUT2D eigenvalue weighted by Gasteiger charge is -2.33. The van der Waals surface area contributed by atoms with E-state index < -0.39 is 0 Å². The largest absolute Gasteiger partial charge is 0.355 e. The molecule has 82 valence electrons. The fourth-order valence-electron chi connectivity index (χ4n) is 1.92. The summed E-state index contributed by atoms with van der Waals surface area (Å²) in [4.78, 5) is 10.8. The minimum absolute atomic E-state index is 0.754. The third kappa shape index (κ3) is 2.81. The van der Waals surface area contributed by atoms with Crippen molar-refractivity contribution in [2.75, 3.05) is 23.3 Å². The number of hydrogen-bond donors (Lipinski definition) is 0. The summed E-state index contributed by atoms with van der Waals surface area (Å²) >= 11 is 5.87. The summed E-state index contributed by atoms with van der Waals surface area (Å²) in [5.74, 6) is 1.85. The van der Waals surface area contributed by atoms with Gasteiger partial charge in [0, 0.05) is 24.6 Å². The highest BCUT2D eigenvalue weighted by Gasteiger charge is 2.21. The van der Waals surface area contributed by atoms with E-state index in [0.29, 0.717) is 0 Å². The monoisotopic (exact) mass is 381 g/mol. The molecule has 0 aliphatic carbocycles. The van der Waals surface area contributed by atoms with Crippen molar-refractivity contribution in [3.05, 3.63) is 16.1 Å². The predicted octanol–water partition coefficient (Wildman–Crippen LogP) is 2.69. The van der Waals surface area contributed by atoms with Crippen molar-refractivity contribution < 1.29 is 0 Å². The number of nitrogens with zero attached hydrogens (tertiary/aromatic N) is 3. The van der Waals surface area contributed by atoms with Crippen molar-refractivity contribution in [3.63, 3.8) is 0 Å². The lowest BCUT2D eigenvalue weighted by molar-refractivity contribution is 0.452. The van der Waals surface area contributed by atoms with E-state index in [9.17, 15) is 0 Å². The fraction of sp³-hybridized carbons (Fsp3) is 0.600. The molecule has 0 radical (unpaired) electrons. The number of hydrogen-bond acceptors (Lipinski definition) is 3. The standard InChI is InChI=1S/C10H13BrIN3/c11-4-8-2-1-3-15(6-8)10-9(12)5-13-7-14-10/h5,7-8H,1-4,6H2. The fourth-order valence-corrected chi connectivity index (χ4v) is 3.09. The van der Waals surface area contributed by atoms with Crippen molar-refractivity contribution in [1.82, 2.24) is 9.97 Å². The number of alkyl halides is 1. The molecule has 2 heterocycles. The average Bonchev–Trinajstić information content (AvgIpc) is 2.30. The lowest BCUT2D eigenvalue weighted by atomic mass is 10.0. The van der Waals surface area contributed by atoms with E-state index in [0.717, 1.165) is 33.7 Å². The first-order valence-corrected chi connectivity index (χ1v) is 7.27. The third-order valence-electron chi connectivity index (χ3n) is 2.68. The number of halogens is 2. The molecule has 3 nitrogen and oxygen atoms in total. The van der Waals surface area contributed by atoms with Crippen LogP contribution in [-0.2, 0) is 0 Å². The van der Waals surface area contributed by atoms with Gasteiger partial charge >= 0.3 is 0 Å². The van der Waals surface area contributed by atoms with E-state index in [-0.39, 0.29) is 0 Å². The maximum atomic E-state index is 4.36. The zero-order chi connectivity index (χ0) is 10.7. The molecule has 1 aliphatic rings. The molecule has 1 aromatic rings. The van der Waals surface area contributed by atoms with E-state index in [1.54, 1.807) is 6.33 Å². The molecule has 0 aromatic carbocycles. The molecular weight excluding hydrogens is 369 g/mol. The van der Waals surface area contributed by atoms with Gasteiger partial charge < -0.3 is 4.90 Å². The van der Waals surface area contributed by atoms with Crippen LogP contribution >= 0.6 is 38.5 Å². The van der Waals surface area contributed by atoms with Crippen LogP contribution in [0.3, 0.4) is 0 Å². The van der Waals surface area contributed by atoms with Gasteiger partial charge in [-0.2, -0.15) is 0 Å². The van der Waals surface area contributed by atoms with Crippen molar-refractivity contribution in [3.8, 4) is 0 Å². The zero-order valence-electron chi connectivity index (χ0n) is 8.37. The van der Waals surface area contributed by atoms with E-state index in [1.807, 2.05) is 6.20 Å². The number of aromatic nitrogens is 2. The van der Waals surface area contributed by atoms with Crippen molar-refractivity contribution in [2.45, 2.75) is 12.8 Å². The highest BCUT2D eigenvalue weighted by Crippen LogP contribution is 2.25. The maximum absolute atomic E-state index is 4.36. The van der Waals surface area contributed by atoms with Gasteiger partial charge in [0.05, 0.1) is 3.57 Å². The van der Waals surface area contributed by atoms with Gasteiger partial charge in [0.15, 0.2) is 0 Å². The molecule has 0 bridgehead atoms. The Hall–Kier alpha value is 0.0900. The van der Waals surface area contributed by atoms with Gasteiger partial charge in [-0.3, -0.25) is 0 Å². The molecule has 15 heavy (non-hydrogen) atoms. The Morgan fingerprint density at radius 1 is 1.60 bits per heavy atom. The molecule has 1 aromatic heterocycles. The quantitative estimate of drug-likeness (QED) is 0.582. The molecule has 1 atom stereocenters. The first kappa shape index (κ1) is 11.6. The summed E-state index contributed by atoms with van der Waals surface area (Å²) in [6, 6.07) is 0. The summed E-state index contributed by atoms with van der Waals surface area (Å²) in [6.07, 6.45) is 6.09. The van der Waals surface area contributed by atoms with E-state index in [2.05, 4.69) is 53.4 Å². The van der Waals surface area contributed by atoms with Crippen LogP contribution in [0.2, 0.25) is 0 Å². The highest BCUT2D eigenvalue weighted by molar-refractivity contribution is 14.1. The van der Waals surface area contributed by atoms with E-state index >= 15 is 0 Å². The van der Waals surface area contributed by atoms with Crippen LogP contribution in [0.15, 0.2) is 12.5 Å². The molecule has 0 saturated carbocycles. The van der Waals surface area contributed by atoms with Crippen LogP contribution < -0.4 is 4.90 Å². The Balaban J connectivity index is 2.13. The normalized spacial score (nSPS) is 21.7. The third-order valence-corrected chi connectivity index (χ3v) is 4.36. The summed E-state index contributed by atoms with van der Waals surface area (Å²) in [5, 5.41) is 1.09. The molecule has 1 fully saturated rings. The van der Waals surface area contributed by atoms with Gasteiger partial charge in [-0.15, -0.1) is 0 Å². The molecular formula is C10H13BrIN3. The summed E-state index contributed by atoms with van der Waals surface area (Å²) in [6.45, 7) is 2.23. The highest BCUT2D eigenvalue weighted by atomic mass is 127. The van der Waals surface area contributed by atoms with Crippen LogP contribution in [-0.4, -0.2) is 28.4 Å². The Kier molecular flexibility index (Phi) is 4.19. The van der Waals surface area contributed by atoms with Gasteiger partial charge in [0.1, 0.15) is 12.1 Å². The van der Waals surface area contributed by atoms with Crippen LogP contribution in [0.4, 0.5) is 5.82 Å². The smallest absolute Gasteiger partial charge is 0.145 e. The van der Waals surface area contributed by atoms with E-state index in [4.69, 9.17) is 0 Å². The van der Waals surface area contributed by atoms with Gasteiger partial charge in [-0.25, -0.2) is 9.97 Å². The molecule has 0 amide bonds. The molecule has 2 rings (SSSR count). The Morgan fingerprint density at radius 3 is 3.20 bits per heavy atom. The topological polar surface area (TPSA) is 29.0 Å². The van der Waals surface area contributed by atoms with Crippen LogP contribution in [0.25, 0.3) is 0 Å². The minimum atomic E-state index is 0.754. The number of rotatable bonds is 2. The van der Waals surface area contributed by atoms with Crippen molar-refractivity contribution in [2.24, 2.45) is 5.92 Å². The van der Waals surface area contributed by atoms with Gasteiger partial charge in [0.25, 0.3) is 0 Å². The van der Waals surface area contributed by atoms with E-state index in [1.165, 1.54) is 12.8 Å². The first-order chi connectivity index (χ1) is 7.31. The average molecular weight is 382 g/mol. The minimum Gasteiger partial charge on any atom is -0.355 e. The summed E-state index contributed by atoms with van der Waals surface area (Å²) in [7, 11) is 0. The second-order valence-corrected chi connectivity index (χ2v) is 5.61. The van der Waals surface area contributed by atoms with Gasteiger partial charge in [-0.05, 0) is 41.4 Å². The van der Waals surface area contributed by atoms with Crippen LogP contribution in [0, 0.1) is 9.49 Å². The molecule has 1 saturated heterocycles. The van der Waals surface area contributed by atoms with Crippen LogP contribution in [0.1, 0.15) is 12.8 Å². The maximum Gasteiger partial charge on any atom is 0.145 e. The molecule has 0 spiro atoms. The van der Waals surface area contributed by atoms with Crippen molar-refractivity contribution >= 4 is 44.3 Å². The summed E-state index contributed by atoms with van der Waals surface area (Å²) < 4.78 is 1.14. The number of anilines is 1. The summed E-state index contributed by atoms with van der Waals surface area (Å²) in [5.41, 5.74) is 0. The van der Waals surface area contributed by atoms with Crippen molar-refractivity contribution in [1.29, 1.82) is 0 Å². The van der Waals surface area contributed by atoms with Gasteiger partial charge in [-0.1, -0.05) is 15.9 Å². The lowest BCUT2D eigenvalue weighted by Crippen LogP contribution is -2.37. The molecule has 5 heteroatoms. The SMILES string of the molecule is BrCC1CCCN(c2ncncc2I)C1. The Bertz CT molecular complexity index is 334. The second-order valence-electron chi connectivity index (χ2n) is 3.80. The first-order valence-electron chi connectivity index (χ1n) is 5.07. The molecule has 1 aliphatic heterocycles. The Labute approximate surface area is 112 Å². The van der Waals surface area contributed by atoms with Crippen LogP contribution in [0.5, 0.6) is 0 Å². The molecule has 0 N–H and O–H groups in total. The zero-order valence-corrected chi connectivity index (χ0v) is 12.1. The second kappa shape index (κ2) is 5.43. The Morgan fingerprint density at radius 2 is 2.47 bits per heavy atom.